The summed E-state index contributed by atoms with van der Waals surface area (Å²) in [6.45, 7) is 5.71. The number of morpholine rings is 1. The Morgan fingerprint density at radius 1 is 1.00 bits per heavy atom. The van der Waals surface area contributed by atoms with Gasteiger partial charge >= 0.3 is 6.03 Å². The normalized spacial score (nSPS) is 18.3. The molecule has 2 N–H and O–H groups in total. The molecule has 1 saturated heterocycles. The quantitative estimate of drug-likeness (QED) is 0.494. The SMILES string of the molecule is C[C@@H]1CN(c2nc(-c3ccc(NC(=O)Nc4cccnc4)cc3)nn3cccc23)C[C@H](C)O1. The molecule has 168 valence electrons. The number of benzene rings is 1. The van der Waals surface area contributed by atoms with Gasteiger partial charge in [0.2, 0.25) is 0 Å². The highest BCUT2D eigenvalue weighted by Crippen LogP contribution is 2.27. The van der Waals surface area contributed by atoms with Crippen molar-refractivity contribution in [3.8, 4) is 11.4 Å². The van der Waals surface area contributed by atoms with Gasteiger partial charge in [-0.3, -0.25) is 4.98 Å². The molecule has 33 heavy (non-hydrogen) atoms. The predicted molar refractivity (Wildman–Crippen MR) is 128 cm³/mol. The highest BCUT2D eigenvalue weighted by Gasteiger charge is 2.25. The Hall–Kier alpha value is -3.98. The van der Waals surface area contributed by atoms with Gasteiger partial charge in [0, 0.05) is 36.7 Å². The lowest BCUT2D eigenvalue weighted by Gasteiger charge is -2.36. The molecule has 1 aromatic carbocycles. The number of nitrogens with one attached hydrogen (secondary N) is 2. The summed E-state index contributed by atoms with van der Waals surface area (Å²) in [5, 5.41) is 10.3. The van der Waals surface area contributed by atoms with E-state index in [4.69, 9.17) is 9.72 Å². The second-order valence-electron chi connectivity index (χ2n) is 8.16. The molecule has 9 heteroatoms. The fraction of sp³-hybridized carbons (Fsp3) is 0.250. The van der Waals surface area contributed by atoms with Crippen molar-refractivity contribution in [2.45, 2.75) is 26.1 Å². The third-order valence-electron chi connectivity index (χ3n) is 5.41. The molecule has 5 rings (SSSR count). The molecule has 0 unspecified atom stereocenters. The summed E-state index contributed by atoms with van der Waals surface area (Å²) in [6.07, 6.45) is 5.43. The smallest absolute Gasteiger partial charge is 0.323 e. The highest BCUT2D eigenvalue weighted by molar-refractivity contribution is 5.99. The standard InChI is InChI=1S/C24H25N7O2/c1-16-14-30(15-17(2)33-16)23-21-6-4-12-31(21)29-22(28-23)18-7-9-19(10-8-18)26-24(32)27-20-5-3-11-25-13-20/h3-13,16-17H,14-15H2,1-2H3,(H2,26,27,32)/t16-,17+. The number of aromatic nitrogens is 4. The maximum atomic E-state index is 12.2. The van der Waals surface area contributed by atoms with Crippen LogP contribution in [0.5, 0.6) is 0 Å². The largest absolute Gasteiger partial charge is 0.372 e. The fourth-order valence-electron chi connectivity index (χ4n) is 4.06. The first kappa shape index (κ1) is 20.9. The molecule has 1 aliphatic rings. The number of rotatable bonds is 4. The molecular formula is C24H25N7O2. The zero-order valence-corrected chi connectivity index (χ0v) is 18.5. The van der Waals surface area contributed by atoms with E-state index < -0.39 is 0 Å². The van der Waals surface area contributed by atoms with Crippen molar-refractivity contribution >= 4 is 28.7 Å². The van der Waals surface area contributed by atoms with Crippen LogP contribution >= 0.6 is 0 Å². The number of ether oxygens (including phenoxy) is 1. The Kier molecular flexibility index (Phi) is 5.62. The van der Waals surface area contributed by atoms with Crippen molar-refractivity contribution in [1.82, 2.24) is 19.6 Å². The maximum absolute atomic E-state index is 12.2. The Morgan fingerprint density at radius 2 is 1.76 bits per heavy atom. The molecule has 2 amide bonds. The summed E-state index contributed by atoms with van der Waals surface area (Å²) < 4.78 is 7.75. The minimum Gasteiger partial charge on any atom is -0.372 e. The van der Waals surface area contributed by atoms with Crippen LogP contribution in [0.1, 0.15) is 13.8 Å². The Labute approximate surface area is 191 Å². The average molecular weight is 444 g/mol. The molecule has 1 aliphatic heterocycles. The van der Waals surface area contributed by atoms with Crippen molar-refractivity contribution in [2.24, 2.45) is 0 Å². The maximum Gasteiger partial charge on any atom is 0.323 e. The van der Waals surface area contributed by atoms with Gasteiger partial charge in [0.15, 0.2) is 11.6 Å². The van der Waals surface area contributed by atoms with Gasteiger partial charge in [-0.2, -0.15) is 0 Å². The lowest BCUT2D eigenvalue weighted by atomic mass is 10.2. The Balaban J connectivity index is 1.37. The lowest BCUT2D eigenvalue weighted by molar-refractivity contribution is -0.00539. The van der Waals surface area contributed by atoms with E-state index in [1.165, 1.54) is 0 Å². The highest BCUT2D eigenvalue weighted by atomic mass is 16.5. The van der Waals surface area contributed by atoms with Crippen LogP contribution in [0, 0.1) is 0 Å². The van der Waals surface area contributed by atoms with E-state index in [2.05, 4.69) is 39.5 Å². The van der Waals surface area contributed by atoms with Gasteiger partial charge in [-0.15, -0.1) is 5.10 Å². The minimum atomic E-state index is -0.335. The van der Waals surface area contributed by atoms with Crippen LogP contribution in [0.3, 0.4) is 0 Å². The second-order valence-corrected chi connectivity index (χ2v) is 8.16. The molecule has 1 fully saturated rings. The van der Waals surface area contributed by atoms with Crippen molar-refractivity contribution in [1.29, 1.82) is 0 Å². The molecule has 3 aromatic heterocycles. The molecular weight excluding hydrogens is 418 g/mol. The summed E-state index contributed by atoms with van der Waals surface area (Å²) in [7, 11) is 0. The minimum absolute atomic E-state index is 0.130. The van der Waals surface area contributed by atoms with Crippen molar-refractivity contribution in [3.05, 3.63) is 67.1 Å². The van der Waals surface area contributed by atoms with Gasteiger partial charge in [0.1, 0.15) is 5.52 Å². The van der Waals surface area contributed by atoms with E-state index in [0.29, 0.717) is 17.2 Å². The third-order valence-corrected chi connectivity index (χ3v) is 5.41. The predicted octanol–water partition coefficient (Wildman–Crippen LogP) is 4.05. The third kappa shape index (κ3) is 4.63. The van der Waals surface area contributed by atoms with Gasteiger partial charge in [0.05, 0.1) is 24.1 Å². The molecule has 2 atom stereocenters. The van der Waals surface area contributed by atoms with Gasteiger partial charge in [0.25, 0.3) is 0 Å². The molecule has 4 heterocycles. The summed E-state index contributed by atoms with van der Waals surface area (Å²) >= 11 is 0. The number of nitrogens with zero attached hydrogens (tertiary/aromatic N) is 5. The van der Waals surface area contributed by atoms with E-state index in [1.807, 2.05) is 47.1 Å². The summed E-state index contributed by atoms with van der Waals surface area (Å²) in [5.41, 5.74) is 3.11. The van der Waals surface area contributed by atoms with Crippen LogP contribution in [-0.2, 0) is 4.74 Å². The molecule has 0 spiro atoms. The Morgan fingerprint density at radius 3 is 2.48 bits per heavy atom. The summed E-state index contributed by atoms with van der Waals surface area (Å²) in [6, 6.07) is 14.7. The number of hydrogen-bond acceptors (Lipinski definition) is 6. The van der Waals surface area contributed by atoms with Gasteiger partial charge in [-0.25, -0.2) is 14.3 Å². The molecule has 4 aromatic rings. The van der Waals surface area contributed by atoms with Crippen molar-refractivity contribution in [3.63, 3.8) is 0 Å². The zero-order chi connectivity index (χ0) is 22.8. The van der Waals surface area contributed by atoms with Crippen LogP contribution in [0.4, 0.5) is 22.0 Å². The number of hydrogen-bond donors (Lipinski definition) is 2. The second kappa shape index (κ2) is 8.87. The number of carbonyl (C=O) groups excluding carboxylic acids is 1. The van der Waals surface area contributed by atoms with Crippen LogP contribution in [0.25, 0.3) is 16.9 Å². The van der Waals surface area contributed by atoms with Crippen molar-refractivity contribution < 1.29 is 9.53 Å². The van der Waals surface area contributed by atoms with E-state index in [-0.39, 0.29) is 18.2 Å². The summed E-state index contributed by atoms with van der Waals surface area (Å²) in [4.78, 5) is 23.4. The molecule has 0 bridgehead atoms. The number of amides is 2. The first-order valence-electron chi connectivity index (χ1n) is 10.9. The van der Waals surface area contributed by atoms with Gasteiger partial charge in [-0.05, 0) is 62.4 Å². The van der Waals surface area contributed by atoms with Crippen LogP contribution in [0.2, 0.25) is 0 Å². The zero-order valence-electron chi connectivity index (χ0n) is 18.5. The topological polar surface area (TPSA) is 96.7 Å². The van der Waals surface area contributed by atoms with Crippen LogP contribution < -0.4 is 15.5 Å². The van der Waals surface area contributed by atoms with E-state index >= 15 is 0 Å². The molecule has 0 aliphatic carbocycles. The van der Waals surface area contributed by atoms with E-state index in [1.54, 1.807) is 24.5 Å². The van der Waals surface area contributed by atoms with Gasteiger partial charge in [-0.1, -0.05) is 0 Å². The molecule has 9 nitrogen and oxygen atoms in total. The number of urea groups is 1. The number of anilines is 3. The van der Waals surface area contributed by atoms with Gasteiger partial charge < -0.3 is 20.3 Å². The van der Waals surface area contributed by atoms with E-state index in [9.17, 15) is 4.79 Å². The first-order chi connectivity index (χ1) is 16.0. The first-order valence-corrected chi connectivity index (χ1v) is 10.9. The Bertz CT molecular complexity index is 1250. The number of fused-ring (bicyclic) bond motifs is 1. The summed E-state index contributed by atoms with van der Waals surface area (Å²) in [5.74, 6) is 1.51. The van der Waals surface area contributed by atoms with Crippen LogP contribution in [-0.4, -0.2) is 50.9 Å². The van der Waals surface area contributed by atoms with Crippen LogP contribution in [0.15, 0.2) is 67.1 Å². The average Bonchev–Trinajstić information content (AvgIpc) is 3.28. The number of carbonyl (C=O) groups is 1. The van der Waals surface area contributed by atoms with Crippen molar-refractivity contribution in [2.75, 3.05) is 28.6 Å². The fourth-order valence-corrected chi connectivity index (χ4v) is 4.06. The molecule has 0 saturated carbocycles. The molecule has 0 radical (unpaired) electrons. The lowest BCUT2D eigenvalue weighted by Crippen LogP contribution is -2.46. The monoisotopic (exact) mass is 443 g/mol. The van der Waals surface area contributed by atoms with E-state index in [0.717, 1.165) is 30.0 Å². The number of pyridine rings is 1.